The van der Waals surface area contributed by atoms with E-state index in [0.29, 0.717) is 31.9 Å². The second kappa shape index (κ2) is 8.69. The van der Waals surface area contributed by atoms with Gasteiger partial charge in [-0.1, -0.05) is 0 Å². The van der Waals surface area contributed by atoms with Crippen LogP contribution in [0.5, 0.6) is 5.75 Å². The molecular weight excluding hydrogens is 325 g/mol. The zero-order valence-electron chi connectivity index (χ0n) is 12.9. The second-order valence-corrected chi connectivity index (χ2v) is 5.24. The Balaban J connectivity index is 0.00000264. The van der Waals surface area contributed by atoms with Crippen LogP contribution in [0.2, 0.25) is 0 Å². The minimum Gasteiger partial charge on any atom is -0.484 e. The minimum atomic E-state index is -0.524. The van der Waals surface area contributed by atoms with Crippen molar-refractivity contribution in [3.05, 3.63) is 30.1 Å². The highest BCUT2D eigenvalue weighted by Crippen LogP contribution is 2.11. The number of piperazine rings is 1. The van der Waals surface area contributed by atoms with Crippen LogP contribution in [0, 0.1) is 5.82 Å². The molecule has 0 unspecified atom stereocenters. The Hall–Kier alpha value is -1.86. The third-order valence-electron chi connectivity index (χ3n) is 3.51. The lowest BCUT2D eigenvalue weighted by Gasteiger charge is -2.35. The molecule has 0 saturated carbocycles. The zero-order valence-corrected chi connectivity index (χ0v) is 13.7. The molecule has 1 fully saturated rings. The van der Waals surface area contributed by atoms with Crippen LogP contribution in [0.3, 0.4) is 0 Å². The number of benzene rings is 1. The van der Waals surface area contributed by atoms with Gasteiger partial charge in [0.05, 0.1) is 6.04 Å². The molecule has 2 N–H and O–H groups in total. The first-order valence-electron chi connectivity index (χ1n) is 7.18. The van der Waals surface area contributed by atoms with Crippen LogP contribution in [0.15, 0.2) is 24.3 Å². The molecule has 128 valence electrons. The molecule has 8 heteroatoms. The van der Waals surface area contributed by atoms with E-state index in [1.807, 2.05) is 0 Å². The van der Waals surface area contributed by atoms with Crippen molar-refractivity contribution in [2.24, 2.45) is 5.73 Å². The van der Waals surface area contributed by atoms with Gasteiger partial charge in [-0.25, -0.2) is 4.39 Å². The van der Waals surface area contributed by atoms with Crippen LogP contribution >= 0.6 is 12.4 Å². The van der Waals surface area contributed by atoms with Gasteiger partial charge < -0.3 is 20.3 Å². The fraction of sp³-hybridized carbons (Fsp3) is 0.467. The third-order valence-corrected chi connectivity index (χ3v) is 3.51. The van der Waals surface area contributed by atoms with Crippen molar-refractivity contribution in [2.75, 3.05) is 32.8 Å². The topological polar surface area (TPSA) is 75.9 Å². The number of nitrogens with two attached hydrogens (primary N) is 1. The Kier molecular flexibility index (Phi) is 7.25. The van der Waals surface area contributed by atoms with Crippen LogP contribution in [-0.2, 0) is 9.59 Å². The lowest BCUT2D eigenvalue weighted by atomic mass is 10.2. The SMILES string of the molecule is C[C@H](N)C(=O)N1CCN(C(=O)COc2ccc(F)cc2)CC1.Cl. The molecular formula is C15H21ClFN3O3. The maximum atomic E-state index is 12.8. The average Bonchev–Trinajstić information content (AvgIpc) is 2.53. The highest BCUT2D eigenvalue weighted by atomic mass is 35.5. The molecule has 6 nitrogen and oxygen atoms in total. The van der Waals surface area contributed by atoms with E-state index >= 15 is 0 Å². The summed E-state index contributed by atoms with van der Waals surface area (Å²) in [5, 5.41) is 0. The van der Waals surface area contributed by atoms with Gasteiger partial charge in [0.1, 0.15) is 11.6 Å². The van der Waals surface area contributed by atoms with E-state index in [4.69, 9.17) is 10.5 Å². The molecule has 2 rings (SSSR count). The monoisotopic (exact) mass is 345 g/mol. The van der Waals surface area contributed by atoms with Gasteiger partial charge >= 0.3 is 0 Å². The maximum Gasteiger partial charge on any atom is 0.260 e. The van der Waals surface area contributed by atoms with Crippen molar-refractivity contribution >= 4 is 24.2 Å². The third kappa shape index (κ3) is 5.37. The summed E-state index contributed by atoms with van der Waals surface area (Å²) in [4.78, 5) is 27.1. The standard InChI is InChI=1S/C15H20FN3O3.ClH/c1-11(17)15(21)19-8-6-18(7-9-19)14(20)10-22-13-4-2-12(16)3-5-13;/h2-5,11H,6-10,17H2,1H3;1H/t11-;/m0./s1. The number of nitrogens with zero attached hydrogens (tertiary/aromatic N) is 2. The molecule has 23 heavy (non-hydrogen) atoms. The Morgan fingerprint density at radius 2 is 1.70 bits per heavy atom. The fourth-order valence-electron chi connectivity index (χ4n) is 2.23. The average molecular weight is 346 g/mol. The van der Waals surface area contributed by atoms with Gasteiger partial charge in [0.15, 0.2) is 6.61 Å². The van der Waals surface area contributed by atoms with Gasteiger partial charge in [0.25, 0.3) is 5.91 Å². The predicted octanol–water partition coefficient (Wildman–Crippen LogP) is 0.644. The van der Waals surface area contributed by atoms with Gasteiger partial charge in [0.2, 0.25) is 5.91 Å². The zero-order chi connectivity index (χ0) is 16.1. The summed E-state index contributed by atoms with van der Waals surface area (Å²) < 4.78 is 18.1. The molecule has 2 amide bonds. The van der Waals surface area contributed by atoms with Crippen LogP contribution in [0.25, 0.3) is 0 Å². The van der Waals surface area contributed by atoms with E-state index in [0.717, 1.165) is 0 Å². The van der Waals surface area contributed by atoms with Gasteiger partial charge in [-0.2, -0.15) is 0 Å². The van der Waals surface area contributed by atoms with Crippen molar-refractivity contribution in [2.45, 2.75) is 13.0 Å². The highest BCUT2D eigenvalue weighted by Gasteiger charge is 2.25. The summed E-state index contributed by atoms with van der Waals surface area (Å²) >= 11 is 0. The van der Waals surface area contributed by atoms with E-state index in [-0.39, 0.29) is 36.6 Å². The number of rotatable bonds is 4. The van der Waals surface area contributed by atoms with Crippen molar-refractivity contribution in [1.29, 1.82) is 0 Å². The predicted molar refractivity (Wildman–Crippen MR) is 86.0 cm³/mol. The lowest BCUT2D eigenvalue weighted by molar-refractivity contribution is -0.141. The molecule has 1 aromatic carbocycles. The van der Waals surface area contributed by atoms with E-state index in [2.05, 4.69) is 0 Å². The number of halogens is 2. The molecule has 1 atom stereocenters. The van der Waals surface area contributed by atoms with E-state index in [1.54, 1.807) is 16.7 Å². The smallest absolute Gasteiger partial charge is 0.260 e. The fourth-order valence-corrected chi connectivity index (χ4v) is 2.23. The van der Waals surface area contributed by atoms with Crippen LogP contribution in [0.4, 0.5) is 4.39 Å². The Morgan fingerprint density at radius 3 is 2.22 bits per heavy atom. The van der Waals surface area contributed by atoms with Crippen LogP contribution < -0.4 is 10.5 Å². The molecule has 0 spiro atoms. The Morgan fingerprint density at radius 1 is 1.17 bits per heavy atom. The Labute approximate surface area is 140 Å². The molecule has 1 heterocycles. The summed E-state index contributed by atoms with van der Waals surface area (Å²) in [6.07, 6.45) is 0. The summed E-state index contributed by atoms with van der Waals surface area (Å²) in [5.74, 6) is -0.166. The molecule has 1 saturated heterocycles. The molecule has 0 radical (unpaired) electrons. The number of hydrogen-bond donors (Lipinski definition) is 1. The van der Waals surface area contributed by atoms with Gasteiger partial charge in [0, 0.05) is 26.2 Å². The van der Waals surface area contributed by atoms with Crippen molar-refractivity contribution in [3.8, 4) is 5.75 Å². The van der Waals surface area contributed by atoms with Crippen molar-refractivity contribution in [3.63, 3.8) is 0 Å². The summed E-state index contributed by atoms with van der Waals surface area (Å²) in [6, 6.07) is 4.98. The lowest BCUT2D eigenvalue weighted by Crippen LogP contribution is -2.54. The number of carbonyl (C=O) groups is 2. The maximum absolute atomic E-state index is 12.8. The van der Waals surface area contributed by atoms with Gasteiger partial charge in [-0.05, 0) is 31.2 Å². The van der Waals surface area contributed by atoms with Gasteiger partial charge in [-0.3, -0.25) is 9.59 Å². The van der Waals surface area contributed by atoms with Crippen LogP contribution in [-0.4, -0.2) is 60.4 Å². The van der Waals surface area contributed by atoms with Crippen LogP contribution in [0.1, 0.15) is 6.92 Å². The molecule has 1 aliphatic rings. The van der Waals surface area contributed by atoms with Crippen molar-refractivity contribution < 1.29 is 18.7 Å². The highest BCUT2D eigenvalue weighted by molar-refractivity contribution is 5.85. The van der Waals surface area contributed by atoms with Crippen molar-refractivity contribution in [1.82, 2.24) is 9.80 Å². The summed E-state index contributed by atoms with van der Waals surface area (Å²) in [6.45, 7) is 3.42. The largest absolute Gasteiger partial charge is 0.484 e. The second-order valence-electron chi connectivity index (χ2n) is 5.24. The summed E-state index contributed by atoms with van der Waals surface area (Å²) in [7, 11) is 0. The molecule has 0 aromatic heterocycles. The number of hydrogen-bond acceptors (Lipinski definition) is 4. The first-order chi connectivity index (χ1) is 10.5. The normalized spacial score (nSPS) is 15.6. The Bertz CT molecular complexity index is 531. The summed E-state index contributed by atoms with van der Waals surface area (Å²) in [5.41, 5.74) is 5.57. The number of carbonyl (C=O) groups excluding carboxylic acids is 2. The van der Waals surface area contributed by atoms with E-state index in [1.165, 1.54) is 24.3 Å². The number of ether oxygens (including phenoxy) is 1. The quantitative estimate of drug-likeness (QED) is 0.869. The molecule has 0 aliphatic carbocycles. The molecule has 1 aromatic rings. The molecule has 0 bridgehead atoms. The van der Waals surface area contributed by atoms with Gasteiger partial charge in [-0.15, -0.1) is 12.4 Å². The van der Waals surface area contributed by atoms with E-state index < -0.39 is 6.04 Å². The first-order valence-corrected chi connectivity index (χ1v) is 7.18. The number of amides is 2. The minimum absolute atomic E-state index is 0. The van der Waals surface area contributed by atoms with E-state index in [9.17, 15) is 14.0 Å². The first kappa shape index (κ1) is 19.2. The molecule has 1 aliphatic heterocycles.